The number of hydrogen-bond donors (Lipinski definition) is 2. The van der Waals surface area contributed by atoms with E-state index < -0.39 is 11.9 Å². The third-order valence-electron chi connectivity index (χ3n) is 2.25. The van der Waals surface area contributed by atoms with Gasteiger partial charge in [0.05, 0.1) is 11.3 Å². The Balaban J connectivity index is 2.18. The molecule has 2 rings (SSSR count). The number of hydrogen-bond acceptors (Lipinski definition) is 3. The van der Waals surface area contributed by atoms with Gasteiger partial charge in [-0.2, -0.15) is 0 Å². The lowest BCUT2D eigenvalue weighted by molar-refractivity contribution is 0.0696. The Labute approximate surface area is 124 Å². The molecule has 2 aromatic rings. The van der Waals surface area contributed by atoms with E-state index in [0.29, 0.717) is 10.2 Å². The molecule has 5 nitrogen and oxygen atoms in total. The van der Waals surface area contributed by atoms with Crippen LogP contribution in [0.25, 0.3) is 0 Å². The molecule has 0 aliphatic carbocycles. The fourth-order valence-corrected chi connectivity index (χ4v) is 2.49. The van der Waals surface area contributed by atoms with Crippen LogP contribution in [-0.2, 0) is 0 Å². The average molecular weight is 389 g/mol. The molecule has 0 radical (unpaired) electrons. The highest BCUT2D eigenvalue weighted by molar-refractivity contribution is 9.11. The van der Waals surface area contributed by atoms with E-state index in [4.69, 9.17) is 9.52 Å². The fourth-order valence-electron chi connectivity index (χ4n) is 1.34. The Hall–Kier alpha value is -1.60. The third-order valence-corrected chi connectivity index (χ3v) is 3.40. The maximum absolute atomic E-state index is 11.9. The van der Waals surface area contributed by atoms with Crippen molar-refractivity contribution in [2.75, 3.05) is 5.32 Å². The van der Waals surface area contributed by atoms with E-state index in [1.54, 1.807) is 18.2 Å². The summed E-state index contributed by atoms with van der Waals surface area (Å²) < 4.78 is 6.47. The molecule has 0 atom stereocenters. The third kappa shape index (κ3) is 3.24. The second-order valence-electron chi connectivity index (χ2n) is 3.58. The van der Waals surface area contributed by atoms with Crippen molar-refractivity contribution in [1.82, 2.24) is 0 Å². The van der Waals surface area contributed by atoms with Gasteiger partial charge in [-0.15, -0.1) is 0 Å². The zero-order valence-electron chi connectivity index (χ0n) is 9.31. The molecule has 0 unspecified atom stereocenters. The molecule has 19 heavy (non-hydrogen) atoms. The number of anilines is 1. The molecular formula is C12H7Br2NO4. The van der Waals surface area contributed by atoms with Crippen LogP contribution in [-0.4, -0.2) is 17.0 Å². The Morgan fingerprint density at radius 3 is 2.53 bits per heavy atom. The number of carboxylic acid groups (broad SMARTS) is 1. The quantitative estimate of drug-likeness (QED) is 0.838. The summed E-state index contributed by atoms with van der Waals surface area (Å²) in [6.45, 7) is 0. The van der Waals surface area contributed by atoms with Gasteiger partial charge in [-0.25, -0.2) is 4.79 Å². The lowest BCUT2D eigenvalue weighted by Gasteiger charge is -2.05. The highest BCUT2D eigenvalue weighted by atomic mass is 79.9. The van der Waals surface area contributed by atoms with Crippen molar-refractivity contribution in [3.8, 4) is 0 Å². The summed E-state index contributed by atoms with van der Waals surface area (Å²) in [6, 6.07) is 6.42. The van der Waals surface area contributed by atoms with E-state index in [0.717, 1.165) is 10.7 Å². The van der Waals surface area contributed by atoms with Crippen LogP contribution in [0.3, 0.4) is 0 Å². The molecule has 98 valence electrons. The van der Waals surface area contributed by atoms with Crippen LogP contribution in [0.5, 0.6) is 0 Å². The summed E-state index contributed by atoms with van der Waals surface area (Å²) in [4.78, 5) is 22.5. The van der Waals surface area contributed by atoms with Crippen LogP contribution in [0.1, 0.15) is 20.9 Å². The second-order valence-corrected chi connectivity index (χ2v) is 5.35. The van der Waals surface area contributed by atoms with Crippen LogP contribution in [0.4, 0.5) is 5.69 Å². The molecule has 1 heterocycles. The molecule has 0 saturated carbocycles. The lowest BCUT2D eigenvalue weighted by atomic mass is 10.3. The number of furan rings is 1. The Morgan fingerprint density at radius 1 is 1.21 bits per heavy atom. The predicted octanol–water partition coefficient (Wildman–Crippen LogP) is 3.76. The van der Waals surface area contributed by atoms with Crippen molar-refractivity contribution in [3.63, 3.8) is 0 Å². The molecule has 1 aromatic heterocycles. The Morgan fingerprint density at radius 2 is 1.95 bits per heavy atom. The van der Waals surface area contributed by atoms with Gasteiger partial charge in [0.1, 0.15) is 6.26 Å². The monoisotopic (exact) mass is 387 g/mol. The smallest absolute Gasteiger partial charge is 0.338 e. The Kier molecular flexibility index (Phi) is 4.06. The summed E-state index contributed by atoms with van der Waals surface area (Å²) in [5, 5.41) is 11.4. The number of benzene rings is 1. The number of halogens is 2. The standard InChI is InChI=1S/C12H7Br2NO4/c13-7-1-2-9(8(14)4-7)15-11(16)10-3-6(5-19-10)12(17)18/h1-5H,(H,15,16)(H,17,18). The van der Waals surface area contributed by atoms with E-state index in [2.05, 4.69) is 37.2 Å². The van der Waals surface area contributed by atoms with Crippen molar-refractivity contribution in [1.29, 1.82) is 0 Å². The van der Waals surface area contributed by atoms with Gasteiger partial charge in [0.25, 0.3) is 5.91 Å². The van der Waals surface area contributed by atoms with E-state index in [-0.39, 0.29) is 11.3 Å². The largest absolute Gasteiger partial charge is 0.478 e. The van der Waals surface area contributed by atoms with Crippen LogP contribution < -0.4 is 5.32 Å². The minimum atomic E-state index is -1.15. The van der Waals surface area contributed by atoms with Crippen LogP contribution in [0, 0.1) is 0 Å². The number of carbonyl (C=O) groups excluding carboxylic acids is 1. The summed E-state index contributed by atoms with van der Waals surface area (Å²) in [6.07, 6.45) is 1.02. The number of aromatic carboxylic acids is 1. The van der Waals surface area contributed by atoms with Crippen LogP contribution in [0.2, 0.25) is 0 Å². The van der Waals surface area contributed by atoms with E-state index in [1.807, 2.05) is 0 Å². The van der Waals surface area contributed by atoms with Crippen LogP contribution >= 0.6 is 31.9 Å². The second kappa shape index (κ2) is 5.58. The maximum atomic E-state index is 11.9. The number of amides is 1. The normalized spacial score (nSPS) is 10.2. The van der Waals surface area contributed by atoms with Crippen molar-refractivity contribution in [2.45, 2.75) is 0 Å². The summed E-state index contributed by atoms with van der Waals surface area (Å²) >= 11 is 6.61. The zero-order valence-corrected chi connectivity index (χ0v) is 12.5. The van der Waals surface area contributed by atoms with Gasteiger partial charge in [-0.1, -0.05) is 15.9 Å². The van der Waals surface area contributed by atoms with Gasteiger partial charge in [-0.05, 0) is 34.1 Å². The molecule has 7 heteroatoms. The molecule has 2 N–H and O–H groups in total. The van der Waals surface area contributed by atoms with Gasteiger partial charge in [-0.3, -0.25) is 4.79 Å². The van der Waals surface area contributed by atoms with Crippen molar-refractivity contribution in [2.24, 2.45) is 0 Å². The molecule has 0 fully saturated rings. The fraction of sp³-hybridized carbons (Fsp3) is 0. The van der Waals surface area contributed by atoms with Gasteiger partial charge in [0, 0.05) is 15.0 Å². The first-order valence-electron chi connectivity index (χ1n) is 5.05. The van der Waals surface area contributed by atoms with Crippen LogP contribution in [0.15, 0.2) is 43.9 Å². The molecule has 0 aliphatic rings. The molecular weight excluding hydrogens is 382 g/mol. The Bertz CT molecular complexity index is 651. The maximum Gasteiger partial charge on any atom is 0.338 e. The molecule has 1 aromatic carbocycles. The lowest BCUT2D eigenvalue weighted by Crippen LogP contribution is -2.11. The van der Waals surface area contributed by atoms with E-state index >= 15 is 0 Å². The zero-order chi connectivity index (χ0) is 14.0. The van der Waals surface area contributed by atoms with E-state index in [9.17, 15) is 9.59 Å². The van der Waals surface area contributed by atoms with Gasteiger partial charge in [0.2, 0.25) is 0 Å². The number of rotatable bonds is 3. The highest BCUT2D eigenvalue weighted by Crippen LogP contribution is 2.26. The summed E-state index contributed by atoms with van der Waals surface area (Å²) in [5.74, 6) is -1.73. The summed E-state index contributed by atoms with van der Waals surface area (Å²) in [7, 11) is 0. The van der Waals surface area contributed by atoms with Crippen molar-refractivity contribution >= 4 is 49.4 Å². The number of nitrogens with one attached hydrogen (secondary N) is 1. The first-order chi connectivity index (χ1) is 8.97. The number of carboxylic acids is 1. The highest BCUT2D eigenvalue weighted by Gasteiger charge is 2.15. The first kappa shape index (κ1) is 13.8. The molecule has 0 bridgehead atoms. The SMILES string of the molecule is O=C(O)c1coc(C(=O)Nc2ccc(Br)cc2Br)c1. The molecule has 0 aliphatic heterocycles. The van der Waals surface area contributed by atoms with Crippen molar-refractivity contribution < 1.29 is 19.1 Å². The summed E-state index contributed by atoms with van der Waals surface area (Å²) in [5.41, 5.74) is 0.487. The molecule has 0 saturated heterocycles. The van der Waals surface area contributed by atoms with E-state index in [1.165, 1.54) is 6.07 Å². The van der Waals surface area contributed by atoms with Gasteiger partial charge < -0.3 is 14.8 Å². The first-order valence-corrected chi connectivity index (χ1v) is 6.64. The molecule has 0 spiro atoms. The average Bonchev–Trinajstić information content (AvgIpc) is 2.82. The minimum Gasteiger partial charge on any atom is -0.478 e. The minimum absolute atomic E-state index is 0.0628. The molecule has 1 amide bonds. The number of carbonyl (C=O) groups is 2. The predicted molar refractivity (Wildman–Crippen MR) is 75.5 cm³/mol. The van der Waals surface area contributed by atoms with Gasteiger partial charge >= 0.3 is 5.97 Å². The van der Waals surface area contributed by atoms with Gasteiger partial charge in [0.15, 0.2) is 5.76 Å². The topological polar surface area (TPSA) is 79.5 Å². The van der Waals surface area contributed by atoms with Crippen molar-refractivity contribution in [3.05, 3.63) is 50.8 Å².